The van der Waals surface area contributed by atoms with Gasteiger partial charge in [-0.1, -0.05) is 13.8 Å². The minimum absolute atomic E-state index is 0.169. The number of pyridine rings is 1. The Hall–Kier alpha value is -1.97. The third-order valence-corrected chi connectivity index (χ3v) is 5.59. The van der Waals surface area contributed by atoms with E-state index in [0.29, 0.717) is 62.9 Å². The number of carbonyl (C=O) groups excluding carboxylic acids is 1. The number of nitrogens with zero attached hydrogens (tertiary/aromatic N) is 2. The number of anilines is 1. The fourth-order valence-corrected chi connectivity index (χ4v) is 3.65. The minimum atomic E-state index is -0.407. The van der Waals surface area contributed by atoms with E-state index >= 15 is 0 Å². The van der Waals surface area contributed by atoms with E-state index in [9.17, 15) is 9.18 Å². The highest BCUT2D eigenvalue weighted by Gasteiger charge is 2.30. The Balaban J connectivity index is 1.66. The molecule has 1 aromatic rings. The van der Waals surface area contributed by atoms with E-state index in [1.54, 1.807) is 13.2 Å². The summed E-state index contributed by atoms with van der Waals surface area (Å²) < 4.78 is 34.5. The fourth-order valence-electron chi connectivity index (χ4n) is 3.65. The molecule has 9 heteroatoms. The first-order valence-corrected chi connectivity index (χ1v) is 11.4. The van der Waals surface area contributed by atoms with Crippen molar-refractivity contribution in [2.75, 3.05) is 64.8 Å². The lowest BCUT2D eigenvalue weighted by Gasteiger charge is -2.40. The van der Waals surface area contributed by atoms with Gasteiger partial charge in [-0.2, -0.15) is 0 Å². The van der Waals surface area contributed by atoms with E-state index in [4.69, 9.17) is 18.9 Å². The van der Waals surface area contributed by atoms with E-state index in [1.807, 2.05) is 6.07 Å². The molecule has 2 aliphatic heterocycles. The van der Waals surface area contributed by atoms with Gasteiger partial charge in [0.1, 0.15) is 11.4 Å². The number of hydrogen-bond acceptors (Lipinski definition) is 7. The van der Waals surface area contributed by atoms with Crippen LogP contribution in [-0.4, -0.2) is 82.9 Å². The number of hydrogen-bond donors (Lipinski definition) is 1. The Bertz CT molecular complexity index is 726. The second kappa shape index (κ2) is 12.3. The zero-order valence-electron chi connectivity index (χ0n) is 19.3. The van der Waals surface area contributed by atoms with Gasteiger partial charge >= 0.3 is 0 Å². The van der Waals surface area contributed by atoms with Gasteiger partial charge in [0, 0.05) is 32.7 Å². The van der Waals surface area contributed by atoms with Crippen molar-refractivity contribution >= 4 is 11.6 Å². The normalized spacial score (nSPS) is 17.7. The van der Waals surface area contributed by atoms with E-state index in [2.05, 4.69) is 29.0 Å². The monoisotopic (exact) mass is 453 g/mol. The SMILES string of the molecule is COC1CN(c2ccc(C(=O)N[C@H](COCCCF)CC(C)C)nc2OCC2COC2)C1. The Kier molecular flexibility index (Phi) is 9.50. The zero-order chi connectivity index (χ0) is 22.9. The molecule has 0 spiro atoms. The van der Waals surface area contributed by atoms with Crippen molar-refractivity contribution < 1.29 is 28.1 Å². The van der Waals surface area contributed by atoms with Gasteiger partial charge in [-0.3, -0.25) is 9.18 Å². The third-order valence-electron chi connectivity index (χ3n) is 5.59. The van der Waals surface area contributed by atoms with Crippen LogP contribution in [0.2, 0.25) is 0 Å². The fraction of sp³-hybridized carbons (Fsp3) is 0.739. The van der Waals surface area contributed by atoms with Crippen LogP contribution in [0.25, 0.3) is 0 Å². The maximum atomic E-state index is 12.9. The number of aromatic nitrogens is 1. The molecule has 1 N–H and O–H groups in total. The zero-order valence-corrected chi connectivity index (χ0v) is 19.3. The van der Waals surface area contributed by atoms with E-state index in [0.717, 1.165) is 25.2 Å². The van der Waals surface area contributed by atoms with E-state index in [1.165, 1.54) is 0 Å². The van der Waals surface area contributed by atoms with Gasteiger partial charge < -0.3 is 29.2 Å². The highest BCUT2D eigenvalue weighted by Crippen LogP contribution is 2.31. The second-order valence-electron chi connectivity index (χ2n) is 8.92. The van der Waals surface area contributed by atoms with Crippen molar-refractivity contribution in [3.8, 4) is 5.88 Å². The summed E-state index contributed by atoms with van der Waals surface area (Å²) in [5.41, 5.74) is 1.17. The first kappa shape index (κ1) is 24.7. The topological polar surface area (TPSA) is 82.2 Å². The number of halogens is 1. The summed E-state index contributed by atoms with van der Waals surface area (Å²) in [6.07, 6.45) is 1.31. The number of rotatable bonds is 14. The number of amides is 1. The summed E-state index contributed by atoms with van der Waals surface area (Å²) in [6, 6.07) is 3.44. The molecule has 0 radical (unpaired) electrons. The first-order valence-electron chi connectivity index (χ1n) is 11.4. The molecule has 2 aliphatic rings. The maximum Gasteiger partial charge on any atom is 0.270 e. The Morgan fingerprint density at radius 3 is 2.75 bits per heavy atom. The average molecular weight is 454 g/mol. The molecule has 2 saturated heterocycles. The minimum Gasteiger partial charge on any atom is -0.476 e. The summed E-state index contributed by atoms with van der Waals surface area (Å²) in [5, 5.41) is 3.02. The van der Waals surface area contributed by atoms with Crippen LogP contribution < -0.4 is 15.0 Å². The molecule has 0 aromatic carbocycles. The van der Waals surface area contributed by atoms with Gasteiger partial charge in [0.25, 0.3) is 5.91 Å². The predicted molar refractivity (Wildman–Crippen MR) is 119 cm³/mol. The van der Waals surface area contributed by atoms with Crippen molar-refractivity contribution in [1.82, 2.24) is 10.3 Å². The number of methoxy groups -OCH3 is 1. The van der Waals surface area contributed by atoms with Gasteiger partial charge in [0.2, 0.25) is 5.88 Å². The number of carbonyl (C=O) groups is 1. The summed E-state index contributed by atoms with van der Waals surface area (Å²) >= 11 is 0. The Labute approximate surface area is 189 Å². The molecule has 1 atom stereocenters. The van der Waals surface area contributed by atoms with Crippen LogP contribution >= 0.6 is 0 Å². The molecule has 0 bridgehead atoms. The van der Waals surface area contributed by atoms with Crippen LogP contribution in [0.3, 0.4) is 0 Å². The molecule has 8 nitrogen and oxygen atoms in total. The summed E-state index contributed by atoms with van der Waals surface area (Å²) in [6.45, 7) is 7.86. The van der Waals surface area contributed by atoms with Gasteiger partial charge in [-0.05, 0) is 30.9 Å². The van der Waals surface area contributed by atoms with Crippen LogP contribution in [0.1, 0.15) is 37.2 Å². The highest BCUT2D eigenvalue weighted by atomic mass is 19.1. The Morgan fingerprint density at radius 1 is 1.34 bits per heavy atom. The van der Waals surface area contributed by atoms with Gasteiger partial charge in [-0.25, -0.2) is 4.98 Å². The number of alkyl halides is 1. The lowest BCUT2D eigenvalue weighted by molar-refractivity contribution is -0.0514. The van der Waals surface area contributed by atoms with Crippen molar-refractivity contribution in [3.05, 3.63) is 17.8 Å². The van der Waals surface area contributed by atoms with Crippen molar-refractivity contribution in [1.29, 1.82) is 0 Å². The predicted octanol–water partition coefficient (Wildman–Crippen LogP) is 2.46. The molecule has 2 fully saturated rings. The van der Waals surface area contributed by atoms with E-state index in [-0.39, 0.29) is 18.1 Å². The molecular weight excluding hydrogens is 417 g/mol. The van der Waals surface area contributed by atoms with E-state index < -0.39 is 6.67 Å². The van der Waals surface area contributed by atoms with Gasteiger partial charge in [-0.15, -0.1) is 0 Å². The van der Waals surface area contributed by atoms with Crippen molar-refractivity contribution in [3.63, 3.8) is 0 Å². The summed E-state index contributed by atoms with van der Waals surface area (Å²) in [4.78, 5) is 19.6. The molecule has 180 valence electrons. The van der Waals surface area contributed by atoms with Crippen LogP contribution in [0, 0.1) is 11.8 Å². The van der Waals surface area contributed by atoms with Crippen LogP contribution in [0.15, 0.2) is 12.1 Å². The lowest BCUT2D eigenvalue weighted by atomic mass is 10.0. The molecular formula is C23H36FN3O5. The third kappa shape index (κ3) is 7.02. The molecule has 3 heterocycles. The van der Waals surface area contributed by atoms with Crippen molar-refractivity contribution in [2.24, 2.45) is 11.8 Å². The molecule has 0 unspecified atom stereocenters. The number of nitrogens with one attached hydrogen (secondary N) is 1. The summed E-state index contributed by atoms with van der Waals surface area (Å²) in [5.74, 6) is 0.913. The maximum absolute atomic E-state index is 12.9. The Morgan fingerprint density at radius 2 is 2.12 bits per heavy atom. The average Bonchev–Trinajstić information content (AvgIpc) is 2.69. The summed E-state index contributed by atoms with van der Waals surface area (Å²) in [7, 11) is 1.70. The van der Waals surface area contributed by atoms with Gasteiger partial charge in [0.05, 0.1) is 45.2 Å². The quantitative estimate of drug-likeness (QED) is 0.433. The lowest BCUT2D eigenvalue weighted by Crippen LogP contribution is -2.52. The molecule has 0 saturated carbocycles. The standard InChI is InChI=1S/C23H36FN3O5/c1-16(2)9-18(15-30-8-4-7-24)25-22(28)20-5-6-21(27-10-19(11-27)29-3)23(26-20)32-14-17-12-31-13-17/h5-6,16-19H,4,7-15H2,1-3H3,(H,25,28)/t18-/m0/s1. The van der Waals surface area contributed by atoms with Gasteiger partial charge in [0.15, 0.2) is 0 Å². The van der Waals surface area contributed by atoms with Crippen LogP contribution in [-0.2, 0) is 14.2 Å². The number of ether oxygens (including phenoxy) is 4. The first-order chi connectivity index (χ1) is 15.5. The van der Waals surface area contributed by atoms with Crippen LogP contribution in [0.5, 0.6) is 5.88 Å². The van der Waals surface area contributed by atoms with Crippen molar-refractivity contribution in [2.45, 2.75) is 38.8 Å². The largest absolute Gasteiger partial charge is 0.476 e. The molecule has 1 amide bonds. The van der Waals surface area contributed by atoms with Crippen LogP contribution in [0.4, 0.5) is 10.1 Å². The molecule has 1 aromatic heterocycles. The molecule has 32 heavy (non-hydrogen) atoms. The molecule has 0 aliphatic carbocycles. The smallest absolute Gasteiger partial charge is 0.270 e. The highest BCUT2D eigenvalue weighted by molar-refractivity contribution is 5.93. The molecule has 3 rings (SSSR count). The second-order valence-corrected chi connectivity index (χ2v) is 8.92.